The average molecular weight is 728 g/mol. The van der Waals surface area contributed by atoms with Gasteiger partial charge in [-0.15, -0.1) is 0 Å². The van der Waals surface area contributed by atoms with Gasteiger partial charge in [-0.2, -0.15) is 0 Å². The topological polar surface area (TPSA) is 111 Å². The normalized spacial score (nSPS) is 14.5. The van der Waals surface area contributed by atoms with E-state index in [1.807, 2.05) is 17.0 Å². The molecule has 274 valence electrons. The van der Waals surface area contributed by atoms with Gasteiger partial charge in [-0.05, 0) is 98.1 Å². The van der Waals surface area contributed by atoms with Crippen LogP contribution in [0.2, 0.25) is 5.02 Å². The highest BCUT2D eigenvalue weighted by Crippen LogP contribution is 2.41. The molecule has 1 aromatic heterocycles. The first kappa shape index (κ1) is 37.1. The summed E-state index contributed by atoms with van der Waals surface area (Å²) in [6.07, 6.45) is 7.20. The second-order valence-corrected chi connectivity index (χ2v) is 13.8. The van der Waals surface area contributed by atoms with Gasteiger partial charge in [0.25, 0.3) is 0 Å². The Kier molecular flexibility index (Phi) is 12.3. The lowest BCUT2D eigenvalue weighted by Crippen LogP contribution is -2.35. The molecular weight excluding hydrogens is 682 g/mol. The quantitative estimate of drug-likeness (QED) is 0.0992. The number of rotatable bonds is 15. The van der Waals surface area contributed by atoms with Gasteiger partial charge >= 0.3 is 11.9 Å². The zero-order valence-corrected chi connectivity index (χ0v) is 30.8. The smallest absolute Gasteiger partial charge is 0.339 e. The summed E-state index contributed by atoms with van der Waals surface area (Å²) in [5, 5.41) is 9.94. The highest BCUT2D eigenvalue weighted by atomic mass is 35.5. The molecule has 52 heavy (non-hydrogen) atoms. The van der Waals surface area contributed by atoms with E-state index in [0.29, 0.717) is 53.8 Å². The molecular formula is C41H46ClN3O7. The molecule has 0 atom stereocenters. The van der Waals surface area contributed by atoms with Crippen molar-refractivity contribution in [2.75, 3.05) is 46.4 Å². The zero-order valence-electron chi connectivity index (χ0n) is 30.1. The van der Waals surface area contributed by atoms with Crippen LogP contribution in [-0.2, 0) is 35.7 Å². The monoisotopic (exact) mass is 727 g/mol. The number of likely N-dealkylation sites (tertiary alicyclic amines) is 1. The van der Waals surface area contributed by atoms with E-state index in [4.69, 9.17) is 30.5 Å². The number of hydrogen-bond acceptors (Lipinski definition) is 9. The molecule has 2 aliphatic heterocycles. The predicted molar refractivity (Wildman–Crippen MR) is 199 cm³/mol. The third kappa shape index (κ3) is 8.86. The number of benzene rings is 3. The van der Waals surface area contributed by atoms with Crippen LogP contribution in [0.15, 0.2) is 60.9 Å². The van der Waals surface area contributed by atoms with Gasteiger partial charge in [0, 0.05) is 49.2 Å². The largest absolute Gasteiger partial charge is 0.493 e. The molecule has 0 bridgehead atoms. The Morgan fingerprint density at radius 3 is 2.37 bits per heavy atom. The maximum absolute atomic E-state index is 12.1. The van der Waals surface area contributed by atoms with E-state index in [2.05, 4.69) is 48.0 Å². The van der Waals surface area contributed by atoms with E-state index in [1.165, 1.54) is 39.2 Å². The van der Waals surface area contributed by atoms with Gasteiger partial charge in [0.15, 0.2) is 0 Å². The number of aromatic nitrogens is 1. The number of carbonyl (C=O) groups is 2. The van der Waals surface area contributed by atoms with E-state index >= 15 is 0 Å². The summed E-state index contributed by atoms with van der Waals surface area (Å²) in [6, 6.07) is 15.9. The fourth-order valence-electron chi connectivity index (χ4n) is 7.05. The number of carbonyl (C=O) groups excluding carboxylic acids is 1. The van der Waals surface area contributed by atoms with Crippen LogP contribution in [0.4, 0.5) is 0 Å². The first-order valence-corrected chi connectivity index (χ1v) is 18.2. The molecule has 11 heteroatoms. The number of pyridine rings is 1. The maximum atomic E-state index is 12.1. The lowest BCUT2D eigenvalue weighted by atomic mass is 9.93. The number of ether oxygens (including phenoxy) is 4. The Hall–Kier alpha value is -4.64. The number of hydrogen-bond donors (Lipinski definition) is 1. The van der Waals surface area contributed by atoms with Crippen molar-refractivity contribution >= 4 is 23.5 Å². The molecule has 0 radical (unpaired) electrons. The lowest BCUT2D eigenvalue weighted by Gasteiger charge is -2.30. The fraction of sp³-hybridized carbons (Fsp3) is 0.390. The molecule has 0 amide bonds. The van der Waals surface area contributed by atoms with Gasteiger partial charge in [0.2, 0.25) is 0 Å². The van der Waals surface area contributed by atoms with Crippen molar-refractivity contribution in [2.45, 2.75) is 59.3 Å². The first-order chi connectivity index (χ1) is 25.2. The van der Waals surface area contributed by atoms with E-state index in [9.17, 15) is 14.7 Å². The molecule has 3 heterocycles. The maximum Gasteiger partial charge on any atom is 0.339 e. The van der Waals surface area contributed by atoms with Crippen molar-refractivity contribution in [2.24, 2.45) is 0 Å². The van der Waals surface area contributed by atoms with Crippen LogP contribution < -0.4 is 14.2 Å². The molecule has 3 aromatic carbocycles. The van der Waals surface area contributed by atoms with E-state index < -0.39 is 11.9 Å². The number of carboxylic acid groups (broad SMARTS) is 1. The second kappa shape index (κ2) is 17.3. The van der Waals surface area contributed by atoms with Crippen molar-refractivity contribution < 1.29 is 33.6 Å². The zero-order chi connectivity index (χ0) is 36.6. The minimum Gasteiger partial charge on any atom is -0.493 e. The van der Waals surface area contributed by atoms with Crippen molar-refractivity contribution in [3.8, 4) is 28.4 Å². The van der Waals surface area contributed by atoms with E-state index in [-0.39, 0.29) is 19.8 Å². The molecule has 0 spiro atoms. The summed E-state index contributed by atoms with van der Waals surface area (Å²) in [5.74, 6) is 0.530. The van der Waals surface area contributed by atoms with Gasteiger partial charge in [-0.3, -0.25) is 14.7 Å². The van der Waals surface area contributed by atoms with Gasteiger partial charge in [0.1, 0.15) is 30.5 Å². The Morgan fingerprint density at radius 1 is 0.846 bits per heavy atom. The summed E-state index contributed by atoms with van der Waals surface area (Å²) >= 11 is 7.01. The van der Waals surface area contributed by atoms with Gasteiger partial charge in [-0.1, -0.05) is 41.9 Å². The van der Waals surface area contributed by atoms with E-state index in [0.717, 1.165) is 57.7 Å². The molecule has 1 saturated heterocycles. The number of aliphatic carboxylic acids is 1. The lowest BCUT2D eigenvalue weighted by molar-refractivity contribution is -0.138. The highest BCUT2D eigenvalue weighted by Gasteiger charge is 2.27. The van der Waals surface area contributed by atoms with Crippen LogP contribution in [0.25, 0.3) is 11.1 Å². The van der Waals surface area contributed by atoms with Crippen LogP contribution in [-0.4, -0.2) is 78.3 Å². The molecule has 0 saturated carbocycles. The van der Waals surface area contributed by atoms with Gasteiger partial charge < -0.3 is 29.0 Å². The minimum atomic E-state index is -0.900. The Balaban J connectivity index is 1.21. The van der Waals surface area contributed by atoms with Crippen molar-refractivity contribution in [1.29, 1.82) is 0 Å². The molecule has 0 unspecified atom stereocenters. The summed E-state index contributed by atoms with van der Waals surface area (Å²) < 4.78 is 23.9. The second-order valence-electron chi connectivity index (χ2n) is 13.4. The van der Waals surface area contributed by atoms with Gasteiger partial charge in [0.05, 0.1) is 30.8 Å². The molecule has 1 fully saturated rings. The van der Waals surface area contributed by atoms with Crippen LogP contribution >= 0.6 is 11.6 Å². The van der Waals surface area contributed by atoms with Crippen LogP contribution in [0, 0.1) is 13.8 Å². The Morgan fingerprint density at radius 2 is 1.60 bits per heavy atom. The molecule has 2 aliphatic rings. The molecule has 4 aromatic rings. The first-order valence-electron chi connectivity index (χ1n) is 17.8. The number of nitrogens with zero attached hydrogens (tertiary/aromatic N) is 3. The Labute approximate surface area is 310 Å². The van der Waals surface area contributed by atoms with Crippen molar-refractivity contribution in [3.63, 3.8) is 0 Å². The molecule has 10 nitrogen and oxygen atoms in total. The number of carboxylic acids is 1. The number of halogens is 1. The molecule has 0 aliphatic carbocycles. The highest BCUT2D eigenvalue weighted by molar-refractivity contribution is 6.33. The molecule has 1 N–H and O–H groups in total. The standard InChI is InChI=1S/C41H46ClN3O7/c1-27-30(9-6-10-32(27)33-11-7-12-36(28(33)2)50-18-8-16-44-14-4-5-15-44)26-52-38-20-37(51-25-29-19-31(22-43-21-29)41(48)49-3)35-23-45(24-39(46)47)17-13-34(35)40(38)42/h6-7,9-12,19-22H,4-5,8,13-18,23-26H2,1-3H3,(H,46,47). The summed E-state index contributed by atoms with van der Waals surface area (Å²) in [7, 11) is 1.32. The average Bonchev–Trinajstić information content (AvgIpc) is 3.67. The van der Waals surface area contributed by atoms with Crippen LogP contribution in [0.1, 0.15) is 63.0 Å². The van der Waals surface area contributed by atoms with Crippen LogP contribution in [0.3, 0.4) is 0 Å². The number of esters is 1. The summed E-state index contributed by atoms with van der Waals surface area (Å²) in [4.78, 5) is 32.1. The SMILES string of the molecule is COC(=O)c1cncc(COc2cc(OCc3cccc(-c4cccc(OCCCN5CCCC5)c4C)c3C)c(Cl)c3c2CN(CC(=O)O)CC3)c1. The minimum absolute atomic E-state index is 0.0945. The number of methoxy groups -OCH3 is 1. The van der Waals surface area contributed by atoms with Crippen LogP contribution in [0.5, 0.6) is 17.2 Å². The predicted octanol–water partition coefficient (Wildman–Crippen LogP) is 7.27. The van der Waals surface area contributed by atoms with Crippen molar-refractivity contribution in [1.82, 2.24) is 14.8 Å². The fourth-order valence-corrected chi connectivity index (χ4v) is 7.37. The van der Waals surface area contributed by atoms with Crippen molar-refractivity contribution in [3.05, 3.63) is 105 Å². The van der Waals surface area contributed by atoms with E-state index in [1.54, 1.807) is 18.3 Å². The summed E-state index contributed by atoms with van der Waals surface area (Å²) in [6.45, 7) is 9.57. The Bertz CT molecular complexity index is 1910. The number of fused-ring (bicyclic) bond motifs is 1. The third-order valence-corrected chi connectivity index (χ3v) is 10.3. The summed E-state index contributed by atoms with van der Waals surface area (Å²) in [5.41, 5.74) is 8.13. The molecule has 6 rings (SSSR count). The third-order valence-electron chi connectivity index (χ3n) is 9.91. The van der Waals surface area contributed by atoms with Gasteiger partial charge in [-0.25, -0.2) is 4.79 Å².